The number of aromatic nitrogens is 1. The van der Waals surface area contributed by atoms with Gasteiger partial charge in [-0.25, -0.2) is 9.37 Å². The average Bonchev–Trinajstić information content (AvgIpc) is 3.20. The van der Waals surface area contributed by atoms with Gasteiger partial charge in [-0.3, -0.25) is 4.79 Å². The monoisotopic (exact) mass is 501 g/mol. The molecule has 2 aliphatic rings. The Balaban J connectivity index is 1.47. The number of hydrogen-bond acceptors (Lipinski definition) is 4. The number of nitrogens with zero attached hydrogens (tertiary/aromatic N) is 1. The van der Waals surface area contributed by atoms with Gasteiger partial charge in [-0.15, -0.1) is 0 Å². The Morgan fingerprint density at radius 2 is 2.03 bits per heavy atom. The minimum atomic E-state index is -4.46. The van der Waals surface area contributed by atoms with Crippen LogP contribution in [0.1, 0.15) is 35.4 Å². The first-order valence-electron chi connectivity index (χ1n) is 10.8. The fourth-order valence-electron chi connectivity index (χ4n) is 4.73. The molecule has 1 aromatic heterocycles. The molecule has 4 nitrogen and oxygen atoms in total. The maximum atomic E-state index is 14.2. The SMILES string of the molecule is CNC(=O)C1CCSC(C(c2ccc(NC3Cc4ccc(Cl)c(F)c4C3)nc2)C(F)(F)F)C1. The number of carbonyl (C=O) groups is 1. The molecule has 1 aliphatic heterocycles. The molecule has 1 amide bonds. The van der Waals surface area contributed by atoms with Crippen LogP contribution in [0.4, 0.5) is 23.4 Å². The molecule has 2 heterocycles. The molecular weight excluding hydrogens is 478 g/mol. The molecule has 4 atom stereocenters. The summed E-state index contributed by atoms with van der Waals surface area (Å²) in [5.41, 5.74) is 1.51. The van der Waals surface area contributed by atoms with Crippen LogP contribution in [-0.4, -0.2) is 41.2 Å². The lowest BCUT2D eigenvalue weighted by Gasteiger charge is -2.34. The van der Waals surface area contributed by atoms with E-state index in [1.54, 1.807) is 6.07 Å². The van der Waals surface area contributed by atoms with Gasteiger partial charge in [-0.2, -0.15) is 24.9 Å². The lowest BCUT2D eigenvalue weighted by molar-refractivity contribution is -0.152. The van der Waals surface area contributed by atoms with Gasteiger partial charge in [-0.1, -0.05) is 23.7 Å². The third kappa shape index (κ3) is 5.24. The van der Waals surface area contributed by atoms with Crippen molar-refractivity contribution in [3.05, 3.63) is 58.0 Å². The molecule has 0 radical (unpaired) electrons. The van der Waals surface area contributed by atoms with Crippen LogP contribution in [0.3, 0.4) is 0 Å². The van der Waals surface area contributed by atoms with Gasteiger partial charge in [-0.05, 0) is 60.3 Å². The van der Waals surface area contributed by atoms with Crippen LogP contribution in [0.2, 0.25) is 5.02 Å². The van der Waals surface area contributed by atoms with Crippen molar-refractivity contribution in [2.24, 2.45) is 5.92 Å². The maximum absolute atomic E-state index is 14.2. The molecule has 178 valence electrons. The number of hydrogen-bond donors (Lipinski definition) is 2. The van der Waals surface area contributed by atoms with Crippen molar-refractivity contribution in [3.63, 3.8) is 0 Å². The highest BCUT2D eigenvalue weighted by atomic mass is 35.5. The lowest BCUT2D eigenvalue weighted by Crippen LogP contribution is -2.38. The minimum Gasteiger partial charge on any atom is -0.367 e. The van der Waals surface area contributed by atoms with Crippen LogP contribution in [0.15, 0.2) is 30.5 Å². The number of nitrogens with one attached hydrogen (secondary N) is 2. The second-order valence-electron chi connectivity index (χ2n) is 8.49. The summed E-state index contributed by atoms with van der Waals surface area (Å²) in [5, 5.41) is 5.06. The van der Waals surface area contributed by atoms with Gasteiger partial charge in [0.25, 0.3) is 0 Å². The lowest BCUT2D eigenvalue weighted by atomic mass is 9.88. The highest BCUT2D eigenvalue weighted by molar-refractivity contribution is 8.00. The maximum Gasteiger partial charge on any atom is 0.396 e. The highest BCUT2D eigenvalue weighted by Crippen LogP contribution is 2.47. The molecule has 4 unspecified atom stereocenters. The topological polar surface area (TPSA) is 54.0 Å². The Bertz CT molecular complexity index is 1020. The number of fused-ring (bicyclic) bond motifs is 1. The molecule has 0 saturated carbocycles. The van der Waals surface area contributed by atoms with Crippen molar-refractivity contribution in [2.75, 3.05) is 18.1 Å². The third-order valence-electron chi connectivity index (χ3n) is 6.36. The standard InChI is InChI=1S/C23H24ClF4N3OS/c1-29-22(32)13-6-7-33-18(9-13)20(23(26,27)28)14-3-5-19(30-11-14)31-15-8-12-2-4-17(24)21(25)16(12)10-15/h2-5,11,13,15,18,20H,6-10H2,1H3,(H,29,32)(H,30,31). The fraction of sp³-hybridized carbons (Fsp3) is 0.478. The molecule has 0 bridgehead atoms. The van der Waals surface area contributed by atoms with E-state index >= 15 is 0 Å². The van der Waals surface area contributed by atoms with Gasteiger partial charge in [0.15, 0.2) is 0 Å². The first kappa shape index (κ1) is 24.1. The van der Waals surface area contributed by atoms with E-state index in [4.69, 9.17) is 11.6 Å². The summed E-state index contributed by atoms with van der Waals surface area (Å²) >= 11 is 7.12. The molecule has 2 aromatic rings. The first-order chi connectivity index (χ1) is 15.7. The van der Waals surface area contributed by atoms with Gasteiger partial charge >= 0.3 is 6.18 Å². The Hall–Kier alpha value is -2.00. The van der Waals surface area contributed by atoms with Crippen molar-refractivity contribution < 1.29 is 22.4 Å². The van der Waals surface area contributed by atoms with Crippen LogP contribution < -0.4 is 10.6 Å². The Labute approximate surface area is 198 Å². The number of benzene rings is 1. The van der Waals surface area contributed by atoms with Crippen LogP contribution >= 0.6 is 23.4 Å². The quantitative estimate of drug-likeness (QED) is 0.542. The minimum absolute atomic E-state index is 0.0781. The summed E-state index contributed by atoms with van der Waals surface area (Å²) < 4.78 is 56.4. The molecule has 0 spiro atoms. The summed E-state index contributed by atoms with van der Waals surface area (Å²) in [6.45, 7) is 0. The molecule has 33 heavy (non-hydrogen) atoms. The van der Waals surface area contributed by atoms with Crippen molar-refractivity contribution >= 4 is 35.1 Å². The second kappa shape index (κ2) is 9.70. The second-order valence-corrected chi connectivity index (χ2v) is 10.2. The molecule has 10 heteroatoms. The largest absolute Gasteiger partial charge is 0.396 e. The molecule has 1 aliphatic carbocycles. The number of rotatable bonds is 5. The molecule has 2 N–H and O–H groups in total. The number of thioether (sulfide) groups is 1. The molecule has 4 rings (SSSR count). The first-order valence-corrected chi connectivity index (χ1v) is 12.2. The van der Waals surface area contributed by atoms with Crippen LogP contribution in [0.25, 0.3) is 0 Å². The summed E-state index contributed by atoms with van der Waals surface area (Å²) in [7, 11) is 1.50. The van der Waals surface area contributed by atoms with Gasteiger partial charge < -0.3 is 10.6 Å². The van der Waals surface area contributed by atoms with E-state index in [0.29, 0.717) is 36.4 Å². The van der Waals surface area contributed by atoms with E-state index in [0.717, 1.165) is 5.56 Å². The van der Waals surface area contributed by atoms with Gasteiger partial charge in [0.05, 0.1) is 10.9 Å². The fourth-order valence-corrected chi connectivity index (χ4v) is 6.50. The number of carbonyl (C=O) groups excluding carboxylic acids is 1. The zero-order valence-corrected chi connectivity index (χ0v) is 19.5. The van der Waals surface area contributed by atoms with Gasteiger partial charge in [0.2, 0.25) is 5.91 Å². The number of amides is 1. The van der Waals surface area contributed by atoms with E-state index < -0.39 is 29.1 Å². The van der Waals surface area contributed by atoms with Crippen molar-refractivity contribution in [3.8, 4) is 0 Å². The Morgan fingerprint density at radius 3 is 2.70 bits per heavy atom. The molecular formula is C23H24ClF4N3OS. The smallest absolute Gasteiger partial charge is 0.367 e. The molecule has 1 fully saturated rings. The van der Waals surface area contributed by atoms with Crippen LogP contribution in [0.5, 0.6) is 0 Å². The summed E-state index contributed by atoms with van der Waals surface area (Å²) in [6.07, 6.45) is -1.45. The summed E-state index contributed by atoms with van der Waals surface area (Å²) in [5.74, 6) is -1.82. The number of alkyl halides is 3. The van der Waals surface area contributed by atoms with E-state index in [9.17, 15) is 22.4 Å². The highest BCUT2D eigenvalue weighted by Gasteiger charge is 2.48. The Morgan fingerprint density at radius 1 is 1.24 bits per heavy atom. The summed E-state index contributed by atoms with van der Waals surface area (Å²) in [6, 6.07) is 6.18. The Kier molecular flexibility index (Phi) is 7.09. The predicted octanol–water partition coefficient (Wildman–Crippen LogP) is 5.36. The van der Waals surface area contributed by atoms with Gasteiger partial charge in [0, 0.05) is 30.5 Å². The molecule has 1 aromatic carbocycles. The zero-order valence-electron chi connectivity index (χ0n) is 17.9. The zero-order chi connectivity index (χ0) is 23.8. The van der Waals surface area contributed by atoms with E-state index in [1.807, 2.05) is 0 Å². The van der Waals surface area contributed by atoms with Crippen molar-refractivity contribution in [1.29, 1.82) is 0 Å². The van der Waals surface area contributed by atoms with Gasteiger partial charge in [0.1, 0.15) is 11.6 Å². The van der Waals surface area contributed by atoms with Crippen LogP contribution in [0, 0.1) is 11.7 Å². The van der Waals surface area contributed by atoms with E-state index in [-0.39, 0.29) is 29.0 Å². The normalized spacial score (nSPS) is 23.6. The third-order valence-corrected chi connectivity index (χ3v) is 8.02. The molecule has 1 saturated heterocycles. The predicted molar refractivity (Wildman–Crippen MR) is 122 cm³/mol. The summed E-state index contributed by atoms with van der Waals surface area (Å²) in [4.78, 5) is 16.2. The number of pyridine rings is 1. The number of halogens is 5. The average molecular weight is 502 g/mol. The van der Waals surface area contributed by atoms with Crippen molar-refractivity contribution in [2.45, 2.75) is 49.1 Å². The van der Waals surface area contributed by atoms with E-state index in [1.165, 1.54) is 43.2 Å². The van der Waals surface area contributed by atoms with E-state index in [2.05, 4.69) is 15.6 Å². The van der Waals surface area contributed by atoms with Crippen molar-refractivity contribution in [1.82, 2.24) is 10.3 Å². The number of anilines is 1. The van der Waals surface area contributed by atoms with Crippen LogP contribution in [-0.2, 0) is 17.6 Å².